The maximum atomic E-state index is 9.30. The van der Waals surface area contributed by atoms with E-state index in [-0.39, 0.29) is 36.9 Å². The largest absolute Gasteiger partial charge is 2.00 e. The zero-order chi connectivity index (χ0) is 6.83. The second kappa shape index (κ2) is 23.3. The van der Waals surface area contributed by atoms with Crippen molar-refractivity contribution in [1.82, 2.24) is 0 Å². The summed E-state index contributed by atoms with van der Waals surface area (Å²) in [7, 11) is 0. The average molecular weight is 246 g/mol. The van der Waals surface area contributed by atoms with Crippen LogP contribution >= 0.6 is 0 Å². The van der Waals surface area contributed by atoms with Crippen LogP contribution in [0.2, 0.25) is 0 Å². The van der Waals surface area contributed by atoms with E-state index in [2.05, 4.69) is 0 Å². The molecule has 0 aromatic rings. The summed E-state index contributed by atoms with van der Waals surface area (Å²) in [5, 5.41) is 18.6. The minimum Gasteiger partial charge on any atom is -0.854 e. The Morgan fingerprint density at radius 1 is 0.889 bits per heavy atom. The third-order valence-corrected chi connectivity index (χ3v) is 0.408. The van der Waals surface area contributed by atoms with Gasteiger partial charge in [-0.05, 0) is 0 Å². The third-order valence-electron chi connectivity index (χ3n) is 0.408. The molecule has 0 fully saturated rings. The van der Waals surface area contributed by atoms with Crippen LogP contribution in [-0.2, 0) is 0 Å². The van der Waals surface area contributed by atoms with Crippen molar-refractivity contribution in [2.24, 2.45) is 0 Å². The molecule has 0 atom stereocenters. The smallest absolute Gasteiger partial charge is 0.854 e. The Morgan fingerprint density at radius 3 is 1.00 bits per heavy atom. The SMILES string of the molecule is CCC[O-].CCC[O-].[Te+2]. The molecule has 0 aromatic carbocycles. The van der Waals surface area contributed by atoms with Gasteiger partial charge in [-0.2, -0.15) is 0 Å². The molecular formula is C6H14O2Te. The van der Waals surface area contributed by atoms with Crippen molar-refractivity contribution in [3.63, 3.8) is 0 Å². The molecule has 56 valence electrons. The Balaban J connectivity index is -0.0000000720. The first-order valence-corrected chi connectivity index (χ1v) is 2.99. The molecule has 0 saturated carbocycles. The summed E-state index contributed by atoms with van der Waals surface area (Å²) in [5.41, 5.74) is 0. The molecule has 0 N–H and O–H groups in total. The van der Waals surface area contributed by atoms with Crippen molar-refractivity contribution >= 4 is 23.7 Å². The molecule has 9 heavy (non-hydrogen) atoms. The molecule has 3 heteroatoms. The van der Waals surface area contributed by atoms with Crippen LogP contribution in [0.4, 0.5) is 0 Å². The standard InChI is InChI=1S/2C3H7O.Te/c2*1-2-3-4;/h2*2-3H2,1H3;/q2*-1;+2. The Kier molecular flexibility index (Phi) is 42.4. The van der Waals surface area contributed by atoms with Gasteiger partial charge in [-0.3, -0.25) is 0 Å². The van der Waals surface area contributed by atoms with E-state index in [1.165, 1.54) is 0 Å². The first-order valence-electron chi connectivity index (χ1n) is 2.99. The Hall–Kier alpha value is 0.710. The van der Waals surface area contributed by atoms with Gasteiger partial charge in [0, 0.05) is 0 Å². The van der Waals surface area contributed by atoms with E-state index < -0.39 is 0 Å². The zero-order valence-corrected chi connectivity index (χ0v) is 8.38. The van der Waals surface area contributed by atoms with Crippen LogP contribution in [-0.4, -0.2) is 36.9 Å². The fraction of sp³-hybridized carbons (Fsp3) is 1.00. The van der Waals surface area contributed by atoms with Gasteiger partial charge in [0.2, 0.25) is 0 Å². The van der Waals surface area contributed by atoms with Gasteiger partial charge in [0.05, 0.1) is 0 Å². The summed E-state index contributed by atoms with van der Waals surface area (Å²) in [6, 6.07) is 0. The van der Waals surface area contributed by atoms with Gasteiger partial charge in [0.15, 0.2) is 0 Å². The fourth-order valence-corrected chi connectivity index (χ4v) is 0. The van der Waals surface area contributed by atoms with Crippen molar-refractivity contribution in [3.8, 4) is 0 Å². The van der Waals surface area contributed by atoms with Crippen molar-refractivity contribution in [2.75, 3.05) is 13.2 Å². The van der Waals surface area contributed by atoms with E-state index in [9.17, 15) is 10.2 Å². The molecule has 0 saturated heterocycles. The molecule has 0 aliphatic carbocycles. The molecule has 4 radical (unpaired) electrons. The second-order valence-electron chi connectivity index (χ2n) is 1.41. The predicted octanol–water partition coefficient (Wildman–Crippen LogP) is -0.867. The molecule has 0 rings (SSSR count). The predicted molar refractivity (Wildman–Crippen MR) is 36.1 cm³/mol. The van der Waals surface area contributed by atoms with Crippen LogP contribution in [0.25, 0.3) is 0 Å². The summed E-state index contributed by atoms with van der Waals surface area (Å²) in [4.78, 5) is 0. The van der Waals surface area contributed by atoms with Gasteiger partial charge in [-0.15, -0.1) is 13.2 Å². The quantitative estimate of drug-likeness (QED) is 0.594. The van der Waals surface area contributed by atoms with Crippen molar-refractivity contribution in [1.29, 1.82) is 0 Å². The van der Waals surface area contributed by atoms with Gasteiger partial charge in [0.25, 0.3) is 0 Å². The maximum Gasteiger partial charge on any atom is 2.00 e. The van der Waals surface area contributed by atoms with Gasteiger partial charge in [-0.1, -0.05) is 26.7 Å². The summed E-state index contributed by atoms with van der Waals surface area (Å²) in [6.07, 6.45) is 1.53. The molecule has 0 spiro atoms. The fourth-order valence-electron chi connectivity index (χ4n) is 0. The molecule has 0 bridgehead atoms. The Bertz CT molecular complexity index is 19.0. The van der Waals surface area contributed by atoms with Crippen molar-refractivity contribution in [3.05, 3.63) is 0 Å². The minimum absolute atomic E-state index is 0. The molecule has 2 nitrogen and oxygen atoms in total. The number of hydrogen-bond acceptors (Lipinski definition) is 2. The zero-order valence-electron chi connectivity index (χ0n) is 6.05. The van der Waals surface area contributed by atoms with Crippen LogP contribution in [0.1, 0.15) is 26.7 Å². The molecule has 0 aliphatic rings. The molecular weight excluding hydrogens is 232 g/mol. The second-order valence-corrected chi connectivity index (χ2v) is 1.41. The first kappa shape index (κ1) is 16.4. The number of hydrogen-bond donors (Lipinski definition) is 0. The monoisotopic (exact) mass is 248 g/mol. The van der Waals surface area contributed by atoms with Gasteiger partial charge in [-0.25, -0.2) is 0 Å². The van der Waals surface area contributed by atoms with Gasteiger partial charge < -0.3 is 10.2 Å². The maximum absolute atomic E-state index is 9.30. The summed E-state index contributed by atoms with van der Waals surface area (Å²) in [6.45, 7) is 3.88. The van der Waals surface area contributed by atoms with Gasteiger partial charge >= 0.3 is 23.7 Å². The van der Waals surface area contributed by atoms with E-state index in [0.29, 0.717) is 0 Å². The topological polar surface area (TPSA) is 46.1 Å². The van der Waals surface area contributed by atoms with Crippen LogP contribution in [0.5, 0.6) is 0 Å². The average Bonchev–Trinajstić information content (AvgIpc) is 1.88. The normalized spacial score (nSPS) is 6.67. The summed E-state index contributed by atoms with van der Waals surface area (Å²) >= 11 is 0. The van der Waals surface area contributed by atoms with Crippen LogP contribution < -0.4 is 10.2 Å². The van der Waals surface area contributed by atoms with Crippen LogP contribution in [0, 0.1) is 0 Å². The summed E-state index contributed by atoms with van der Waals surface area (Å²) in [5.74, 6) is 0. The Labute approximate surface area is 74.0 Å². The van der Waals surface area contributed by atoms with E-state index in [1.807, 2.05) is 13.8 Å². The van der Waals surface area contributed by atoms with E-state index in [1.54, 1.807) is 0 Å². The molecule has 0 unspecified atom stereocenters. The minimum atomic E-state index is 0. The molecule has 0 aliphatic heterocycles. The summed E-state index contributed by atoms with van der Waals surface area (Å²) < 4.78 is 0. The number of rotatable bonds is 2. The molecule has 0 heterocycles. The van der Waals surface area contributed by atoms with Gasteiger partial charge in [0.1, 0.15) is 0 Å². The van der Waals surface area contributed by atoms with Crippen LogP contribution in [0.3, 0.4) is 0 Å². The van der Waals surface area contributed by atoms with E-state index in [0.717, 1.165) is 12.8 Å². The van der Waals surface area contributed by atoms with Crippen molar-refractivity contribution in [2.45, 2.75) is 26.7 Å². The molecule has 0 amide bonds. The van der Waals surface area contributed by atoms with Crippen molar-refractivity contribution < 1.29 is 10.2 Å². The first-order chi connectivity index (χ1) is 3.83. The van der Waals surface area contributed by atoms with E-state index >= 15 is 0 Å². The van der Waals surface area contributed by atoms with Crippen LogP contribution in [0.15, 0.2) is 0 Å². The van der Waals surface area contributed by atoms with E-state index in [4.69, 9.17) is 0 Å². The Morgan fingerprint density at radius 2 is 1.00 bits per heavy atom. The third kappa shape index (κ3) is 53.4. The molecule has 0 aromatic heterocycles.